The second-order valence-corrected chi connectivity index (χ2v) is 11.5. The molecule has 3 amide bonds. The van der Waals surface area contributed by atoms with Gasteiger partial charge in [0.2, 0.25) is 0 Å². The minimum absolute atomic E-state index is 0.0159. The smallest absolute Gasteiger partial charge is 0.317 e. The van der Waals surface area contributed by atoms with Crippen LogP contribution in [0.3, 0.4) is 0 Å². The van der Waals surface area contributed by atoms with E-state index in [1.807, 2.05) is 89.8 Å². The van der Waals surface area contributed by atoms with Gasteiger partial charge in [0, 0.05) is 75.4 Å². The second kappa shape index (κ2) is 13.4. The summed E-state index contributed by atoms with van der Waals surface area (Å²) in [6.07, 6.45) is 0.738. The van der Waals surface area contributed by atoms with Crippen LogP contribution in [0.5, 0.6) is 0 Å². The normalized spacial score (nSPS) is 16.7. The van der Waals surface area contributed by atoms with Crippen molar-refractivity contribution in [2.75, 3.05) is 52.4 Å². The topological polar surface area (TPSA) is 89.9 Å². The lowest BCUT2D eigenvalue weighted by molar-refractivity contribution is 0.0929. The van der Waals surface area contributed by atoms with E-state index in [0.29, 0.717) is 41.7 Å². The Morgan fingerprint density at radius 3 is 2.09 bits per heavy atom. The monoisotopic (exact) mass is 592 g/mol. The first-order chi connectivity index (χ1) is 21.5. The van der Waals surface area contributed by atoms with Crippen molar-refractivity contribution in [1.82, 2.24) is 29.9 Å². The number of nitrogens with zero attached hydrogens (tertiary/aromatic N) is 4. The molecule has 228 valence electrons. The number of hydrogen-bond acceptors (Lipinski definition) is 5. The molecule has 2 saturated heterocycles. The highest BCUT2D eigenvalue weighted by Gasteiger charge is 2.28. The average Bonchev–Trinajstić information content (AvgIpc) is 3.48. The Bertz CT molecular complexity index is 1660. The molecule has 1 aromatic heterocycles. The third-order valence-electron chi connectivity index (χ3n) is 8.81. The fourth-order valence-corrected chi connectivity index (χ4v) is 6.36. The van der Waals surface area contributed by atoms with Gasteiger partial charge < -0.3 is 15.5 Å². The van der Waals surface area contributed by atoms with Crippen molar-refractivity contribution < 1.29 is 9.59 Å². The zero-order valence-electron chi connectivity index (χ0n) is 25.2. The molecular weight excluding hydrogens is 552 g/mol. The van der Waals surface area contributed by atoms with Gasteiger partial charge in [-0.1, -0.05) is 73.7 Å². The van der Waals surface area contributed by atoms with Crippen LogP contribution in [0.1, 0.15) is 41.0 Å². The lowest BCUT2D eigenvalue weighted by atomic mass is 9.99. The van der Waals surface area contributed by atoms with E-state index in [9.17, 15) is 14.4 Å². The van der Waals surface area contributed by atoms with Gasteiger partial charge in [0.15, 0.2) is 0 Å². The average molecular weight is 593 g/mol. The number of amides is 3. The van der Waals surface area contributed by atoms with Crippen LogP contribution < -0.4 is 16.2 Å². The number of para-hydroxylation sites is 1. The van der Waals surface area contributed by atoms with Crippen molar-refractivity contribution in [3.8, 4) is 5.69 Å². The van der Waals surface area contributed by atoms with Crippen LogP contribution in [0.25, 0.3) is 16.5 Å². The maximum Gasteiger partial charge on any atom is 0.317 e. The number of fused-ring (bicyclic) bond motifs is 1. The molecular formula is C35H40N6O3. The summed E-state index contributed by atoms with van der Waals surface area (Å²) in [6.45, 7) is 8.84. The quantitative estimate of drug-likeness (QED) is 0.291. The molecule has 2 N–H and O–H groups in total. The summed E-state index contributed by atoms with van der Waals surface area (Å²) >= 11 is 0. The number of aromatic nitrogens is 1. The molecule has 9 heteroatoms. The van der Waals surface area contributed by atoms with Crippen molar-refractivity contribution in [3.05, 3.63) is 112 Å². The number of urea groups is 1. The lowest BCUT2D eigenvalue weighted by Crippen LogP contribution is -2.49. The number of pyridine rings is 1. The number of nitrogens with one attached hydrogen (secondary N) is 2. The van der Waals surface area contributed by atoms with E-state index in [1.54, 1.807) is 4.57 Å². The molecule has 3 aromatic carbocycles. The summed E-state index contributed by atoms with van der Waals surface area (Å²) < 4.78 is 1.74. The van der Waals surface area contributed by atoms with Crippen LogP contribution in [-0.2, 0) is 6.54 Å². The predicted octanol–water partition coefficient (Wildman–Crippen LogP) is 4.01. The number of carbonyl (C=O) groups is 2. The van der Waals surface area contributed by atoms with Crippen LogP contribution in [0.15, 0.2) is 89.7 Å². The summed E-state index contributed by atoms with van der Waals surface area (Å²) in [5, 5.41) is 7.36. The number of piperazine rings is 1. The molecule has 2 aliphatic heterocycles. The van der Waals surface area contributed by atoms with Crippen molar-refractivity contribution in [2.24, 2.45) is 0 Å². The van der Waals surface area contributed by atoms with E-state index in [0.717, 1.165) is 56.9 Å². The highest BCUT2D eigenvalue weighted by atomic mass is 16.2. The molecule has 44 heavy (non-hydrogen) atoms. The highest BCUT2D eigenvalue weighted by molar-refractivity contribution is 6.08. The third kappa shape index (κ3) is 6.25. The van der Waals surface area contributed by atoms with E-state index in [1.165, 1.54) is 0 Å². The molecule has 0 spiro atoms. The SMILES string of the molecule is CC[C@H](NC(=O)c1c(CN2CCN(CCN3CCNC3=O)CC2)n(-c2ccccc2)c(=O)c2ccccc12)c1ccccc1. The third-order valence-corrected chi connectivity index (χ3v) is 8.81. The molecule has 0 saturated carbocycles. The summed E-state index contributed by atoms with van der Waals surface area (Å²) in [7, 11) is 0. The minimum Gasteiger partial charge on any atom is -0.345 e. The number of benzene rings is 3. The van der Waals surface area contributed by atoms with Gasteiger partial charge in [0.25, 0.3) is 11.5 Å². The Kier molecular flexibility index (Phi) is 9.04. The first kappa shape index (κ1) is 29.6. The van der Waals surface area contributed by atoms with Gasteiger partial charge in [0.1, 0.15) is 0 Å². The highest BCUT2D eigenvalue weighted by Crippen LogP contribution is 2.26. The summed E-state index contributed by atoms with van der Waals surface area (Å²) in [4.78, 5) is 47.0. The van der Waals surface area contributed by atoms with Crippen molar-refractivity contribution >= 4 is 22.7 Å². The van der Waals surface area contributed by atoms with Crippen molar-refractivity contribution in [3.63, 3.8) is 0 Å². The molecule has 0 aliphatic carbocycles. The van der Waals surface area contributed by atoms with Crippen LogP contribution in [0, 0.1) is 0 Å². The van der Waals surface area contributed by atoms with E-state index in [-0.39, 0.29) is 23.5 Å². The Hall–Kier alpha value is -4.47. The summed E-state index contributed by atoms with van der Waals surface area (Å²) in [5.41, 5.74) is 2.90. The largest absolute Gasteiger partial charge is 0.345 e. The molecule has 0 unspecified atom stereocenters. The van der Waals surface area contributed by atoms with E-state index in [2.05, 4.69) is 27.4 Å². The molecule has 2 aliphatic rings. The summed E-state index contributed by atoms with van der Waals surface area (Å²) in [5.74, 6) is -0.181. The lowest BCUT2D eigenvalue weighted by Gasteiger charge is -2.36. The standard InChI is InChI=1S/C35H40N6O3/c1-2-30(26-11-5-3-6-12-26)37-33(42)32-28-15-9-10-16-29(28)34(43)41(27-13-7-4-8-14-27)31(32)25-39-21-19-38(20-22-39)23-24-40-18-17-36-35(40)44/h3-16,30H,2,17-25H2,1H3,(H,36,44)(H,37,42)/t30-/m0/s1. The van der Waals surface area contributed by atoms with Gasteiger partial charge in [-0.05, 0) is 30.2 Å². The van der Waals surface area contributed by atoms with E-state index in [4.69, 9.17) is 0 Å². The Morgan fingerprint density at radius 1 is 0.795 bits per heavy atom. The molecule has 3 heterocycles. The molecule has 9 nitrogen and oxygen atoms in total. The van der Waals surface area contributed by atoms with Crippen molar-refractivity contribution in [2.45, 2.75) is 25.9 Å². The van der Waals surface area contributed by atoms with Gasteiger partial charge in [0.05, 0.1) is 17.3 Å². The van der Waals surface area contributed by atoms with Gasteiger partial charge in [-0.3, -0.25) is 24.0 Å². The molecule has 6 rings (SSSR count). The fourth-order valence-electron chi connectivity index (χ4n) is 6.36. The maximum absolute atomic E-state index is 14.4. The Balaban J connectivity index is 1.34. The van der Waals surface area contributed by atoms with E-state index < -0.39 is 0 Å². The van der Waals surface area contributed by atoms with E-state index >= 15 is 0 Å². The van der Waals surface area contributed by atoms with Gasteiger partial charge >= 0.3 is 6.03 Å². The van der Waals surface area contributed by atoms with Crippen LogP contribution >= 0.6 is 0 Å². The Labute approximate surface area is 258 Å². The molecule has 1 atom stereocenters. The van der Waals surface area contributed by atoms with Crippen molar-refractivity contribution in [1.29, 1.82) is 0 Å². The number of hydrogen-bond donors (Lipinski definition) is 2. The summed E-state index contributed by atoms with van der Waals surface area (Å²) in [6, 6.07) is 26.9. The zero-order chi connectivity index (χ0) is 30.5. The van der Waals surface area contributed by atoms with Crippen LogP contribution in [-0.4, -0.2) is 83.6 Å². The Morgan fingerprint density at radius 2 is 1.43 bits per heavy atom. The molecule has 0 bridgehead atoms. The maximum atomic E-state index is 14.4. The van der Waals surface area contributed by atoms with Gasteiger partial charge in [-0.2, -0.15) is 0 Å². The number of rotatable bonds is 10. The number of carbonyl (C=O) groups excluding carboxylic acids is 2. The van der Waals surface area contributed by atoms with Crippen LogP contribution in [0.2, 0.25) is 0 Å². The minimum atomic E-state index is -0.181. The first-order valence-electron chi connectivity index (χ1n) is 15.6. The molecule has 4 aromatic rings. The first-order valence-corrected chi connectivity index (χ1v) is 15.6. The van der Waals surface area contributed by atoms with Crippen LogP contribution in [0.4, 0.5) is 4.79 Å². The van der Waals surface area contributed by atoms with Gasteiger partial charge in [-0.15, -0.1) is 0 Å². The second-order valence-electron chi connectivity index (χ2n) is 11.5. The zero-order valence-corrected chi connectivity index (χ0v) is 25.2. The van der Waals surface area contributed by atoms with Gasteiger partial charge in [-0.25, -0.2) is 4.79 Å². The predicted molar refractivity (Wildman–Crippen MR) is 173 cm³/mol. The molecule has 2 fully saturated rings. The molecule has 0 radical (unpaired) electrons. The fraction of sp³-hybridized carbons (Fsp3) is 0.343.